The summed E-state index contributed by atoms with van der Waals surface area (Å²) in [6.45, 7) is 7.12. The second kappa shape index (κ2) is 5.33. The summed E-state index contributed by atoms with van der Waals surface area (Å²) in [5.74, 6) is 0. The van der Waals surface area contributed by atoms with Crippen molar-refractivity contribution in [2.24, 2.45) is 0 Å². The molecule has 3 heteroatoms. The van der Waals surface area contributed by atoms with E-state index in [4.69, 9.17) is 0 Å². The molecule has 1 aromatic heterocycles. The van der Waals surface area contributed by atoms with Crippen LogP contribution in [0.4, 0.5) is 0 Å². The number of nitrogens with one attached hydrogen (secondary N) is 1. The molecule has 0 atom stereocenters. The Kier molecular flexibility index (Phi) is 3.51. The molecule has 0 unspecified atom stereocenters. The van der Waals surface area contributed by atoms with Crippen molar-refractivity contribution in [1.82, 2.24) is 10.2 Å². The van der Waals surface area contributed by atoms with Crippen LogP contribution in [0.3, 0.4) is 0 Å². The molecular weight excluding hydrogens is 272 g/mol. The summed E-state index contributed by atoms with van der Waals surface area (Å²) in [4.78, 5) is 0. The maximum atomic E-state index is 4.64. The van der Waals surface area contributed by atoms with Crippen LogP contribution >= 0.6 is 0 Å². The minimum Gasteiger partial charge on any atom is -0.277 e. The molecule has 2 nitrogen and oxygen atoms in total. The summed E-state index contributed by atoms with van der Waals surface area (Å²) in [5, 5.41) is 9.32. The maximum absolute atomic E-state index is 4.64. The third-order valence-corrected chi connectivity index (χ3v) is 5.61. The average Bonchev–Trinajstić information content (AvgIpc) is 2.94. The summed E-state index contributed by atoms with van der Waals surface area (Å²) < 4.78 is 0. The maximum Gasteiger partial charge on any atom is 0.0919 e. The Morgan fingerprint density at radius 3 is 1.81 bits per heavy atom. The molecule has 0 saturated heterocycles. The van der Waals surface area contributed by atoms with E-state index in [-0.39, 0.29) is 0 Å². The van der Waals surface area contributed by atoms with Crippen LogP contribution in [0, 0.1) is 0 Å². The molecular formula is C18H20N2Si. The fourth-order valence-electron chi connectivity index (χ4n) is 2.69. The van der Waals surface area contributed by atoms with Crippen molar-refractivity contribution in [3.63, 3.8) is 0 Å². The van der Waals surface area contributed by atoms with Crippen LogP contribution in [0.2, 0.25) is 19.6 Å². The highest BCUT2D eigenvalue weighted by Gasteiger charge is 2.27. The van der Waals surface area contributed by atoms with E-state index in [0.717, 1.165) is 5.69 Å². The van der Waals surface area contributed by atoms with Crippen LogP contribution in [0.15, 0.2) is 60.7 Å². The number of nitrogens with zero attached hydrogens (tertiary/aromatic N) is 1. The highest BCUT2D eigenvalue weighted by Crippen LogP contribution is 2.25. The molecule has 2 aromatic carbocycles. The molecule has 0 amide bonds. The van der Waals surface area contributed by atoms with E-state index < -0.39 is 8.07 Å². The fraction of sp³-hybridized carbons (Fsp3) is 0.167. The van der Waals surface area contributed by atoms with Crippen LogP contribution in [0.5, 0.6) is 0 Å². The predicted molar refractivity (Wildman–Crippen MR) is 92.4 cm³/mol. The first-order chi connectivity index (χ1) is 10.1. The Balaban J connectivity index is 2.23. The number of H-pyrrole nitrogens is 1. The zero-order chi connectivity index (χ0) is 14.9. The molecule has 0 saturated carbocycles. The van der Waals surface area contributed by atoms with Gasteiger partial charge in [0.2, 0.25) is 0 Å². The van der Waals surface area contributed by atoms with Gasteiger partial charge >= 0.3 is 0 Å². The molecule has 1 heterocycles. The largest absolute Gasteiger partial charge is 0.277 e. The third kappa shape index (κ3) is 2.69. The van der Waals surface area contributed by atoms with Crippen molar-refractivity contribution >= 4 is 13.3 Å². The van der Waals surface area contributed by atoms with Gasteiger partial charge in [-0.1, -0.05) is 80.3 Å². The quantitative estimate of drug-likeness (QED) is 0.717. The predicted octanol–water partition coefficient (Wildman–Crippen LogP) is 4.29. The van der Waals surface area contributed by atoms with Crippen molar-refractivity contribution in [3.8, 4) is 22.5 Å². The lowest BCUT2D eigenvalue weighted by Crippen LogP contribution is -2.39. The second-order valence-corrected chi connectivity index (χ2v) is 11.3. The standard InChI is InChI=1S/C18H20N2Si/c1-21(2,3)18-16(14-10-6-4-7-11-14)19-20-17(18)15-12-8-5-9-13-15/h4-13H,1-3H3,(H,19,20). The molecule has 0 spiro atoms. The normalized spacial score (nSPS) is 11.6. The highest BCUT2D eigenvalue weighted by molar-refractivity contribution is 6.90. The summed E-state index contributed by atoms with van der Waals surface area (Å²) in [5.41, 5.74) is 4.68. The molecule has 106 valence electrons. The van der Waals surface area contributed by atoms with Crippen molar-refractivity contribution in [3.05, 3.63) is 60.7 Å². The number of aromatic amines is 1. The van der Waals surface area contributed by atoms with Gasteiger partial charge in [-0.2, -0.15) is 5.10 Å². The monoisotopic (exact) mass is 292 g/mol. The fourth-order valence-corrected chi connectivity index (χ4v) is 4.55. The van der Waals surface area contributed by atoms with E-state index in [0.29, 0.717) is 0 Å². The molecule has 0 aliphatic carbocycles. The summed E-state index contributed by atoms with van der Waals surface area (Å²) >= 11 is 0. The van der Waals surface area contributed by atoms with E-state index in [2.05, 4.69) is 78.4 Å². The molecule has 0 aliphatic rings. The second-order valence-electron chi connectivity index (χ2n) is 6.30. The molecule has 0 bridgehead atoms. The number of hydrogen-bond acceptors (Lipinski definition) is 1. The van der Waals surface area contributed by atoms with Gasteiger partial charge in [0.05, 0.1) is 19.5 Å². The van der Waals surface area contributed by atoms with E-state index >= 15 is 0 Å². The molecule has 21 heavy (non-hydrogen) atoms. The Morgan fingerprint density at radius 1 is 0.762 bits per heavy atom. The van der Waals surface area contributed by atoms with Crippen LogP contribution in [-0.2, 0) is 0 Å². The summed E-state index contributed by atoms with van der Waals surface area (Å²) in [6, 6.07) is 20.9. The van der Waals surface area contributed by atoms with Gasteiger partial charge in [-0.15, -0.1) is 0 Å². The average molecular weight is 292 g/mol. The van der Waals surface area contributed by atoms with E-state index in [1.807, 2.05) is 12.1 Å². The molecule has 0 radical (unpaired) electrons. The molecule has 3 rings (SSSR count). The van der Waals surface area contributed by atoms with Gasteiger partial charge in [0.1, 0.15) is 0 Å². The van der Waals surface area contributed by atoms with Gasteiger partial charge in [-0.25, -0.2) is 0 Å². The Hall–Kier alpha value is -2.13. The minimum absolute atomic E-state index is 1.11. The number of hydrogen-bond donors (Lipinski definition) is 1. The molecule has 0 aliphatic heterocycles. The molecule has 1 N–H and O–H groups in total. The van der Waals surface area contributed by atoms with Gasteiger partial charge < -0.3 is 0 Å². The topological polar surface area (TPSA) is 28.7 Å². The van der Waals surface area contributed by atoms with Crippen LogP contribution in [0.25, 0.3) is 22.5 Å². The van der Waals surface area contributed by atoms with Crippen LogP contribution < -0.4 is 5.19 Å². The lowest BCUT2D eigenvalue weighted by molar-refractivity contribution is 1.10. The Morgan fingerprint density at radius 2 is 1.29 bits per heavy atom. The SMILES string of the molecule is C[Si](C)(C)c1c(-c2ccccc2)n[nH]c1-c1ccccc1. The molecule has 3 aromatic rings. The van der Waals surface area contributed by atoms with Gasteiger partial charge in [-0.05, 0) is 10.8 Å². The summed E-state index contributed by atoms with van der Waals surface area (Å²) in [6.07, 6.45) is 0. The number of aromatic nitrogens is 2. The van der Waals surface area contributed by atoms with Gasteiger partial charge in [0.15, 0.2) is 0 Å². The van der Waals surface area contributed by atoms with E-state index in [1.54, 1.807) is 0 Å². The zero-order valence-electron chi connectivity index (χ0n) is 12.7. The number of benzene rings is 2. The number of rotatable bonds is 3. The van der Waals surface area contributed by atoms with Gasteiger partial charge in [0, 0.05) is 5.56 Å². The molecule has 0 fully saturated rings. The van der Waals surface area contributed by atoms with Crippen molar-refractivity contribution in [2.45, 2.75) is 19.6 Å². The highest BCUT2D eigenvalue weighted by atomic mass is 28.3. The Labute approximate surface area is 126 Å². The van der Waals surface area contributed by atoms with Gasteiger partial charge in [0.25, 0.3) is 0 Å². The first-order valence-corrected chi connectivity index (χ1v) is 10.8. The van der Waals surface area contributed by atoms with Crippen molar-refractivity contribution < 1.29 is 0 Å². The van der Waals surface area contributed by atoms with Crippen LogP contribution in [-0.4, -0.2) is 18.3 Å². The first kappa shape index (κ1) is 13.8. The smallest absolute Gasteiger partial charge is 0.0919 e. The summed E-state index contributed by atoms with van der Waals surface area (Å²) in [7, 11) is -1.53. The van der Waals surface area contributed by atoms with E-state index in [9.17, 15) is 0 Å². The zero-order valence-corrected chi connectivity index (χ0v) is 13.7. The first-order valence-electron chi connectivity index (χ1n) is 7.27. The van der Waals surface area contributed by atoms with Crippen molar-refractivity contribution in [1.29, 1.82) is 0 Å². The van der Waals surface area contributed by atoms with Crippen molar-refractivity contribution in [2.75, 3.05) is 0 Å². The van der Waals surface area contributed by atoms with E-state index in [1.165, 1.54) is 22.0 Å². The lowest BCUT2D eigenvalue weighted by atomic mass is 10.1. The Bertz CT molecular complexity index is 668. The van der Waals surface area contributed by atoms with Gasteiger partial charge in [-0.3, -0.25) is 5.10 Å². The lowest BCUT2D eigenvalue weighted by Gasteiger charge is -2.19. The minimum atomic E-state index is -1.53. The van der Waals surface area contributed by atoms with Crippen LogP contribution in [0.1, 0.15) is 0 Å². The third-order valence-electron chi connectivity index (χ3n) is 3.63.